The van der Waals surface area contributed by atoms with Crippen LogP contribution in [0.25, 0.3) is 0 Å². The van der Waals surface area contributed by atoms with Crippen LogP contribution in [0.15, 0.2) is 40.5 Å². The zero-order valence-corrected chi connectivity index (χ0v) is 14.1. The van der Waals surface area contributed by atoms with Crippen molar-refractivity contribution in [1.82, 2.24) is 0 Å². The summed E-state index contributed by atoms with van der Waals surface area (Å²) >= 11 is 0. The molecule has 1 aromatic carbocycles. The minimum Gasteiger partial charge on any atom is -0.478 e. The predicted octanol–water partition coefficient (Wildman–Crippen LogP) is 2.36. The number of amidine groups is 1. The lowest BCUT2D eigenvalue weighted by atomic mass is 9.86. The van der Waals surface area contributed by atoms with E-state index in [1.54, 1.807) is 0 Å². The number of rotatable bonds is 5. The first-order chi connectivity index (χ1) is 11.8. The first-order valence-electron chi connectivity index (χ1n) is 8.04. The number of allylic oxidation sites excluding steroid dienone is 1. The Morgan fingerprint density at radius 1 is 1.32 bits per heavy atom. The van der Waals surface area contributed by atoms with Crippen molar-refractivity contribution in [1.29, 1.82) is 0 Å². The maximum Gasteiger partial charge on any atom is 0.338 e. The first-order valence-corrected chi connectivity index (χ1v) is 8.04. The van der Waals surface area contributed by atoms with Crippen LogP contribution in [0.2, 0.25) is 0 Å². The van der Waals surface area contributed by atoms with Crippen molar-refractivity contribution in [2.45, 2.75) is 31.8 Å². The molecule has 7 heteroatoms. The van der Waals surface area contributed by atoms with Gasteiger partial charge in [-0.05, 0) is 37.8 Å². The number of nitrogens with zero attached hydrogens (tertiary/aromatic N) is 2. The first kappa shape index (κ1) is 18.8. The van der Waals surface area contributed by atoms with E-state index in [-0.39, 0.29) is 23.6 Å². The third-order valence-corrected chi connectivity index (χ3v) is 4.38. The molecule has 25 heavy (non-hydrogen) atoms. The minimum absolute atomic E-state index is 0.111. The number of nitrogens with two attached hydrogens (primary N) is 1. The summed E-state index contributed by atoms with van der Waals surface area (Å²) in [6.07, 6.45) is 2.63. The van der Waals surface area contributed by atoms with Crippen molar-refractivity contribution in [3.63, 3.8) is 0 Å². The standard InChI is InChI=1S/C18H22FN3O3/c1-10(11-3-6-13(23)7-4-11)22-16(17(20)21-2)12-5-8-14(18(24)25)15(19)9-12/h5,8-9,11,13,23H,1,3-4,6-7H2,2H3,(H2,20,21)(H,24,25)/b22-16-/t11-,13-. The number of benzene rings is 1. The lowest BCUT2D eigenvalue weighted by Gasteiger charge is -2.25. The number of aliphatic hydroxyl groups excluding tert-OH is 1. The van der Waals surface area contributed by atoms with E-state index >= 15 is 0 Å². The molecule has 6 nitrogen and oxygen atoms in total. The van der Waals surface area contributed by atoms with Crippen LogP contribution < -0.4 is 5.73 Å². The van der Waals surface area contributed by atoms with Gasteiger partial charge in [0, 0.05) is 24.2 Å². The number of carbonyl (C=O) groups is 1. The second kappa shape index (κ2) is 8.02. The van der Waals surface area contributed by atoms with Gasteiger partial charge in [0.05, 0.1) is 11.7 Å². The summed E-state index contributed by atoms with van der Waals surface area (Å²) in [5, 5.41) is 18.5. The van der Waals surface area contributed by atoms with Gasteiger partial charge in [0.15, 0.2) is 0 Å². The number of aliphatic hydroxyl groups is 1. The molecule has 1 saturated carbocycles. The van der Waals surface area contributed by atoms with Crippen LogP contribution >= 0.6 is 0 Å². The Kier molecular flexibility index (Phi) is 6.03. The maximum atomic E-state index is 14.0. The molecule has 1 aliphatic rings. The molecule has 4 N–H and O–H groups in total. The van der Waals surface area contributed by atoms with E-state index in [0.29, 0.717) is 24.1 Å². The Hall–Kier alpha value is -2.54. The van der Waals surface area contributed by atoms with Crippen molar-refractivity contribution in [2.24, 2.45) is 21.6 Å². The van der Waals surface area contributed by atoms with Crippen LogP contribution in [-0.2, 0) is 0 Å². The zero-order valence-electron chi connectivity index (χ0n) is 14.1. The number of carboxylic acid groups (broad SMARTS) is 1. The van der Waals surface area contributed by atoms with E-state index < -0.39 is 17.3 Å². The van der Waals surface area contributed by atoms with Gasteiger partial charge in [0.1, 0.15) is 17.4 Å². The summed E-state index contributed by atoms with van der Waals surface area (Å²) in [4.78, 5) is 19.3. The van der Waals surface area contributed by atoms with Crippen molar-refractivity contribution in [2.75, 3.05) is 7.05 Å². The number of halogens is 1. The van der Waals surface area contributed by atoms with Gasteiger partial charge in [-0.3, -0.25) is 4.99 Å². The Morgan fingerprint density at radius 2 is 1.96 bits per heavy atom. The Bertz CT molecular complexity index is 735. The SMILES string of the molecule is C=C(/N=C(\C(N)=N/C)c1ccc(C(=O)O)c(F)c1)[C@H]1CC[C@H](O)CC1. The molecule has 0 saturated heterocycles. The van der Waals surface area contributed by atoms with E-state index in [1.165, 1.54) is 19.2 Å². The average Bonchev–Trinajstić information content (AvgIpc) is 2.59. The zero-order chi connectivity index (χ0) is 18.6. The van der Waals surface area contributed by atoms with Gasteiger partial charge < -0.3 is 15.9 Å². The highest BCUT2D eigenvalue weighted by Crippen LogP contribution is 2.30. The molecule has 0 spiro atoms. The van der Waals surface area contributed by atoms with Crippen molar-refractivity contribution >= 4 is 17.5 Å². The number of carboxylic acids is 1. The molecule has 0 aliphatic heterocycles. The average molecular weight is 347 g/mol. The third kappa shape index (κ3) is 4.51. The number of hydrogen-bond donors (Lipinski definition) is 3. The van der Waals surface area contributed by atoms with Gasteiger partial charge in [0.25, 0.3) is 0 Å². The van der Waals surface area contributed by atoms with E-state index in [9.17, 15) is 14.3 Å². The molecule has 0 unspecified atom stereocenters. The molecule has 0 atom stereocenters. The van der Waals surface area contributed by atoms with Crippen LogP contribution in [0, 0.1) is 11.7 Å². The second-order valence-corrected chi connectivity index (χ2v) is 6.07. The van der Waals surface area contributed by atoms with Crippen LogP contribution in [0.3, 0.4) is 0 Å². The topological polar surface area (TPSA) is 108 Å². The van der Waals surface area contributed by atoms with Crippen LogP contribution in [0.1, 0.15) is 41.6 Å². The lowest BCUT2D eigenvalue weighted by molar-refractivity contribution is 0.0692. The minimum atomic E-state index is -1.34. The molecule has 134 valence electrons. The monoisotopic (exact) mass is 347 g/mol. The summed E-state index contributed by atoms with van der Waals surface area (Å²) in [5.41, 5.74) is 6.66. The van der Waals surface area contributed by atoms with Crippen LogP contribution in [0.4, 0.5) is 4.39 Å². The van der Waals surface area contributed by atoms with E-state index in [0.717, 1.165) is 18.9 Å². The van der Waals surface area contributed by atoms with Crippen LogP contribution in [0.5, 0.6) is 0 Å². The molecule has 1 aliphatic carbocycles. The summed E-state index contributed by atoms with van der Waals surface area (Å²) < 4.78 is 14.0. The highest BCUT2D eigenvalue weighted by molar-refractivity contribution is 6.47. The van der Waals surface area contributed by atoms with Crippen LogP contribution in [-0.4, -0.2) is 40.9 Å². The fourth-order valence-electron chi connectivity index (χ4n) is 2.86. The van der Waals surface area contributed by atoms with E-state index in [2.05, 4.69) is 16.6 Å². The molecule has 0 heterocycles. The third-order valence-electron chi connectivity index (χ3n) is 4.38. The highest BCUT2D eigenvalue weighted by atomic mass is 19.1. The van der Waals surface area contributed by atoms with Crippen molar-refractivity contribution in [3.8, 4) is 0 Å². The molecule has 2 rings (SSSR count). The van der Waals surface area contributed by atoms with E-state index in [1.807, 2.05) is 0 Å². The fourth-order valence-corrected chi connectivity index (χ4v) is 2.86. The normalized spacial score (nSPS) is 21.9. The molecule has 0 aromatic heterocycles. The predicted molar refractivity (Wildman–Crippen MR) is 94.5 cm³/mol. The van der Waals surface area contributed by atoms with Gasteiger partial charge in [-0.15, -0.1) is 0 Å². The Balaban J connectivity index is 2.35. The van der Waals surface area contributed by atoms with Gasteiger partial charge >= 0.3 is 5.97 Å². The highest BCUT2D eigenvalue weighted by Gasteiger charge is 2.22. The summed E-state index contributed by atoms with van der Waals surface area (Å²) in [6, 6.07) is 3.70. The van der Waals surface area contributed by atoms with Gasteiger partial charge in [0.2, 0.25) is 0 Å². The molecule has 0 radical (unpaired) electrons. The summed E-state index contributed by atoms with van der Waals surface area (Å²) in [5.74, 6) is -1.98. The lowest BCUT2D eigenvalue weighted by Crippen LogP contribution is -2.26. The number of aliphatic imine (C=N–C) groups is 2. The molecule has 0 bridgehead atoms. The fraction of sp³-hybridized carbons (Fsp3) is 0.389. The summed E-state index contributed by atoms with van der Waals surface area (Å²) in [7, 11) is 1.49. The maximum absolute atomic E-state index is 14.0. The van der Waals surface area contributed by atoms with Crippen molar-refractivity contribution < 1.29 is 19.4 Å². The molecule has 1 aromatic rings. The number of aromatic carboxylic acids is 1. The van der Waals surface area contributed by atoms with Gasteiger partial charge in [-0.1, -0.05) is 12.6 Å². The largest absolute Gasteiger partial charge is 0.478 e. The van der Waals surface area contributed by atoms with Gasteiger partial charge in [-0.25, -0.2) is 14.2 Å². The smallest absolute Gasteiger partial charge is 0.338 e. The van der Waals surface area contributed by atoms with Gasteiger partial charge in [-0.2, -0.15) is 0 Å². The van der Waals surface area contributed by atoms with E-state index in [4.69, 9.17) is 10.8 Å². The van der Waals surface area contributed by atoms with Crippen molar-refractivity contribution in [3.05, 3.63) is 47.4 Å². The Labute approximate surface area is 145 Å². The molecular weight excluding hydrogens is 325 g/mol. The number of hydrogen-bond acceptors (Lipinski definition) is 4. The quantitative estimate of drug-likeness (QED) is 0.561. The Morgan fingerprint density at radius 3 is 2.48 bits per heavy atom. The molecular formula is C18H22FN3O3. The summed E-state index contributed by atoms with van der Waals surface area (Å²) in [6.45, 7) is 3.99. The molecule has 1 fully saturated rings. The molecule has 0 amide bonds. The second-order valence-electron chi connectivity index (χ2n) is 6.07.